The number of fused-ring (bicyclic) bond motifs is 1. The van der Waals surface area contributed by atoms with E-state index in [4.69, 9.17) is 25.8 Å². The number of hydrogen-bond donors (Lipinski definition) is 0. The number of nitrogens with zero attached hydrogens (tertiary/aromatic N) is 2. The molecule has 0 fully saturated rings. The third kappa shape index (κ3) is 5.21. The number of pyridine rings is 1. The number of halogens is 1. The highest BCUT2D eigenvalue weighted by Gasteiger charge is 2.27. The second-order valence-electron chi connectivity index (χ2n) is 7.03. The average molecular weight is 493 g/mol. The molecule has 1 aromatic heterocycles. The van der Waals surface area contributed by atoms with Gasteiger partial charge in [0, 0.05) is 30.1 Å². The summed E-state index contributed by atoms with van der Waals surface area (Å²) < 4.78 is 43.1. The lowest BCUT2D eigenvalue weighted by Crippen LogP contribution is -2.31. The summed E-state index contributed by atoms with van der Waals surface area (Å²) in [5.74, 6) is 0.107. The van der Waals surface area contributed by atoms with Crippen molar-refractivity contribution in [2.24, 2.45) is 0 Å². The van der Waals surface area contributed by atoms with E-state index < -0.39 is 16.0 Å². The summed E-state index contributed by atoms with van der Waals surface area (Å²) >= 11 is 6.28. The maximum absolute atomic E-state index is 13.0. The monoisotopic (exact) mass is 492 g/mol. The van der Waals surface area contributed by atoms with E-state index in [9.17, 15) is 13.2 Å². The molecule has 0 amide bonds. The number of hydrogen-bond acceptors (Lipinski definition) is 7. The minimum atomic E-state index is -3.84. The van der Waals surface area contributed by atoms with Gasteiger partial charge in [-0.25, -0.2) is 18.2 Å². The number of carbonyl (C=O) groups excluding carboxylic acids is 1. The van der Waals surface area contributed by atoms with Crippen LogP contribution in [0, 0.1) is 0 Å². The fourth-order valence-electron chi connectivity index (χ4n) is 3.33. The minimum absolute atomic E-state index is 0.0798. The van der Waals surface area contributed by atoms with Gasteiger partial charge in [-0.1, -0.05) is 25.4 Å². The number of rotatable bonds is 9. The van der Waals surface area contributed by atoms with E-state index in [1.165, 1.54) is 29.6 Å². The van der Waals surface area contributed by atoms with Crippen molar-refractivity contribution in [1.82, 2.24) is 9.29 Å². The summed E-state index contributed by atoms with van der Waals surface area (Å²) in [6.07, 6.45) is 0. The van der Waals surface area contributed by atoms with Gasteiger partial charge in [-0.2, -0.15) is 4.31 Å². The van der Waals surface area contributed by atoms with E-state index >= 15 is 0 Å². The minimum Gasteiger partial charge on any atom is -0.497 e. The molecular weight excluding hydrogens is 468 g/mol. The molecule has 33 heavy (non-hydrogen) atoms. The molecule has 0 aliphatic rings. The van der Waals surface area contributed by atoms with Crippen molar-refractivity contribution in [2.75, 3.05) is 27.3 Å². The van der Waals surface area contributed by atoms with Crippen molar-refractivity contribution in [3.63, 3.8) is 0 Å². The van der Waals surface area contributed by atoms with E-state index in [-0.39, 0.29) is 41.1 Å². The van der Waals surface area contributed by atoms with Crippen LogP contribution in [0.5, 0.6) is 11.5 Å². The predicted molar refractivity (Wildman–Crippen MR) is 126 cm³/mol. The molecule has 0 saturated heterocycles. The van der Waals surface area contributed by atoms with E-state index in [2.05, 4.69) is 4.98 Å². The smallest absolute Gasteiger partial charge is 0.338 e. The van der Waals surface area contributed by atoms with Gasteiger partial charge in [0.15, 0.2) is 0 Å². The number of benzene rings is 2. The van der Waals surface area contributed by atoms with Gasteiger partial charge < -0.3 is 14.2 Å². The van der Waals surface area contributed by atoms with Crippen molar-refractivity contribution in [2.45, 2.75) is 25.3 Å². The number of esters is 1. The Morgan fingerprint density at radius 2 is 1.76 bits per heavy atom. The molecule has 0 aliphatic heterocycles. The van der Waals surface area contributed by atoms with E-state index in [0.717, 1.165) is 5.39 Å². The zero-order valence-corrected chi connectivity index (χ0v) is 20.4. The molecule has 0 saturated carbocycles. The Morgan fingerprint density at radius 3 is 2.39 bits per heavy atom. The zero-order chi connectivity index (χ0) is 24.2. The average Bonchev–Trinajstić information content (AvgIpc) is 2.82. The van der Waals surface area contributed by atoms with Crippen LogP contribution in [-0.4, -0.2) is 51.0 Å². The topological polar surface area (TPSA) is 95.0 Å². The first-order valence-corrected chi connectivity index (χ1v) is 12.0. The zero-order valence-electron chi connectivity index (χ0n) is 18.8. The second-order valence-corrected chi connectivity index (χ2v) is 9.29. The Labute approximate surface area is 198 Å². The standard InChI is InChI=1S/C23H25ClN2O6S/c1-5-26(6-2)33(28,29)21-12-16(8-10-20(21)31-4)23(27)32-14-17-11-15-7-9-18(30-3)13-19(15)25-22(17)24/h7-13H,5-6,14H2,1-4H3. The Balaban J connectivity index is 1.86. The van der Waals surface area contributed by atoms with Crippen molar-refractivity contribution in [3.05, 3.63) is 58.7 Å². The third-order valence-electron chi connectivity index (χ3n) is 5.13. The number of sulfonamides is 1. The maximum atomic E-state index is 13.0. The van der Waals surface area contributed by atoms with Crippen LogP contribution in [-0.2, 0) is 21.4 Å². The van der Waals surface area contributed by atoms with E-state index in [1.807, 2.05) is 6.07 Å². The summed E-state index contributed by atoms with van der Waals surface area (Å²) in [4.78, 5) is 17.0. The highest BCUT2D eigenvalue weighted by Crippen LogP contribution is 2.29. The molecule has 0 N–H and O–H groups in total. The fraction of sp³-hybridized carbons (Fsp3) is 0.304. The lowest BCUT2D eigenvalue weighted by molar-refractivity contribution is 0.0472. The summed E-state index contributed by atoms with van der Waals surface area (Å²) in [7, 11) is -0.907. The van der Waals surface area contributed by atoms with Crippen LogP contribution in [0.3, 0.4) is 0 Å². The van der Waals surface area contributed by atoms with Crippen LogP contribution in [0.2, 0.25) is 5.15 Å². The molecule has 3 rings (SSSR count). The highest BCUT2D eigenvalue weighted by atomic mass is 35.5. The molecule has 0 atom stereocenters. The van der Waals surface area contributed by atoms with Crippen LogP contribution in [0.25, 0.3) is 10.9 Å². The molecule has 0 unspecified atom stereocenters. The van der Waals surface area contributed by atoms with Gasteiger partial charge in [0.05, 0.1) is 25.3 Å². The molecule has 0 radical (unpaired) electrons. The Morgan fingerprint density at radius 1 is 1.03 bits per heavy atom. The molecule has 1 heterocycles. The SMILES string of the molecule is CCN(CC)S(=O)(=O)c1cc(C(=O)OCc2cc3ccc(OC)cc3nc2Cl)ccc1OC. The quantitative estimate of drug-likeness (QED) is 0.324. The number of aromatic nitrogens is 1. The lowest BCUT2D eigenvalue weighted by Gasteiger charge is -2.20. The summed E-state index contributed by atoms with van der Waals surface area (Å²) in [6.45, 7) is 3.93. The third-order valence-corrected chi connectivity index (χ3v) is 7.53. The number of ether oxygens (including phenoxy) is 3. The van der Waals surface area contributed by atoms with Crippen LogP contribution in [0.1, 0.15) is 29.8 Å². The molecule has 176 valence electrons. The van der Waals surface area contributed by atoms with E-state index in [0.29, 0.717) is 16.8 Å². The Kier molecular flexibility index (Phi) is 7.78. The first-order valence-electron chi connectivity index (χ1n) is 10.2. The van der Waals surface area contributed by atoms with Crippen molar-refractivity contribution < 1.29 is 27.4 Å². The van der Waals surface area contributed by atoms with Gasteiger partial charge in [-0.3, -0.25) is 0 Å². The van der Waals surface area contributed by atoms with Crippen LogP contribution >= 0.6 is 11.6 Å². The van der Waals surface area contributed by atoms with Gasteiger partial charge in [0.1, 0.15) is 28.2 Å². The summed E-state index contributed by atoms with van der Waals surface area (Å²) in [5.41, 5.74) is 1.25. The first kappa shape index (κ1) is 24.8. The van der Waals surface area contributed by atoms with Crippen LogP contribution < -0.4 is 9.47 Å². The molecule has 0 aliphatic carbocycles. The number of carbonyl (C=O) groups is 1. The van der Waals surface area contributed by atoms with Crippen molar-refractivity contribution in [3.8, 4) is 11.5 Å². The van der Waals surface area contributed by atoms with Crippen molar-refractivity contribution in [1.29, 1.82) is 0 Å². The van der Waals surface area contributed by atoms with Gasteiger partial charge in [0.25, 0.3) is 0 Å². The van der Waals surface area contributed by atoms with Gasteiger partial charge >= 0.3 is 5.97 Å². The Hall–Kier alpha value is -2.88. The Bertz CT molecular complexity index is 1280. The summed E-state index contributed by atoms with van der Waals surface area (Å²) in [6, 6.07) is 11.3. The summed E-state index contributed by atoms with van der Waals surface area (Å²) in [5, 5.41) is 1.01. The predicted octanol–water partition coefficient (Wildman–Crippen LogP) is 4.29. The molecule has 2 aromatic carbocycles. The van der Waals surface area contributed by atoms with Gasteiger partial charge in [-0.05, 0) is 36.4 Å². The fourth-order valence-corrected chi connectivity index (χ4v) is 5.17. The molecule has 0 spiro atoms. The van der Waals surface area contributed by atoms with Crippen molar-refractivity contribution >= 4 is 38.5 Å². The molecule has 8 nitrogen and oxygen atoms in total. The molecule has 3 aromatic rings. The molecule has 0 bridgehead atoms. The lowest BCUT2D eigenvalue weighted by atomic mass is 10.1. The largest absolute Gasteiger partial charge is 0.497 e. The van der Waals surface area contributed by atoms with E-state index in [1.54, 1.807) is 39.2 Å². The number of methoxy groups -OCH3 is 2. The molecular formula is C23H25ClN2O6S. The molecule has 10 heteroatoms. The van der Waals surface area contributed by atoms with Crippen LogP contribution in [0.15, 0.2) is 47.4 Å². The highest BCUT2D eigenvalue weighted by molar-refractivity contribution is 7.89. The van der Waals surface area contributed by atoms with Crippen LogP contribution in [0.4, 0.5) is 0 Å². The van der Waals surface area contributed by atoms with Gasteiger partial charge in [-0.15, -0.1) is 0 Å². The second kappa shape index (κ2) is 10.4. The van der Waals surface area contributed by atoms with Gasteiger partial charge in [0.2, 0.25) is 10.0 Å². The first-order chi connectivity index (χ1) is 15.7. The normalized spacial score (nSPS) is 11.6. The maximum Gasteiger partial charge on any atom is 0.338 e.